The van der Waals surface area contributed by atoms with E-state index in [1.54, 1.807) is 17.0 Å². The Morgan fingerprint density at radius 2 is 1.76 bits per heavy atom. The van der Waals surface area contributed by atoms with Crippen LogP contribution in [0.15, 0.2) is 30.3 Å². The van der Waals surface area contributed by atoms with E-state index in [-0.39, 0.29) is 18.2 Å². The predicted octanol–water partition coefficient (Wildman–Crippen LogP) is 1.64. The second-order valence-corrected chi connectivity index (χ2v) is 4.18. The van der Waals surface area contributed by atoms with Gasteiger partial charge in [-0.2, -0.15) is 0 Å². The Morgan fingerprint density at radius 3 is 2.41 bits per heavy atom. The topological polar surface area (TPSA) is 49.4 Å². The third-order valence-electron chi connectivity index (χ3n) is 2.83. The summed E-state index contributed by atoms with van der Waals surface area (Å²) in [5.74, 6) is -0.316. The summed E-state index contributed by atoms with van der Waals surface area (Å²) in [7, 11) is 0. The van der Waals surface area contributed by atoms with E-state index < -0.39 is 0 Å². The largest absolute Gasteiger partial charge is 0.342 e. The van der Waals surface area contributed by atoms with E-state index in [9.17, 15) is 9.59 Å². The molecule has 1 aliphatic rings. The molecule has 0 aromatic heterocycles. The van der Waals surface area contributed by atoms with Gasteiger partial charge in [-0.3, -0.25) is 9.59 Å². The molecule has 0 bridgehead atoms. The number of anilines is 1. The van der Waals surface area contributed by atoms with Gasteiger partial charge in [0.2, 0.25) is 11.8 Å². The van der Waals surface area contributed by atoms with Crippen molar-refractivity contribution < 1.29 is 9.59 Å². The highest BCUT2D eigenvalue weighted by molar-refractivity contribution is 6.03. The standard InChI is InChI=1S/C13H16N2O2/c16-12(14-11-6-2-1-3-7-11)10-13(17)15-8-4-5-9-15/h1-3,6-7H,4-5,8-10H2,(H,14,16). The van der Waals surface area contributed by atoms with Gasteiger partial charge in [-0.1, -0.05) is 18.2 Å². The van der Waals surface area contributed by atoms with Gasteiger partial charge in [0.1, 0.15) is 6.42 Å². The Labute approximate surface area is 101 Å². The number of rotatable bonds is 3. The molecule has 1 aromatic carbocycles. The van der Waals surface area contributed by atoms with Crippen LogP contribution in [0.25, 0.3) is 0 Å². The lowest BCUT2D eigenvalue weighted by Gasteiger charge is -2.14. The Kier molecular flexibility index (Phi) is 3.75. The number of nitrogens with zero attached hydrogens (tertiary/aromatic N) is 1. The fourth-order valence-corrected chi connectivity index (χ4v) is 1.94. The van der Waals surface area contributed by atoms with Crippen molar-refractivity contribution in [1.29, 1.82) is 0 Å². The molecule has 4 heteroatoms. The number of hydrogen-bond acceptors (Lipinski definition) is 2. The van der Waals surface area contributed by atoms with E-state index >= 15 is 0 Å². The third kappa shape index (κ3) is 3.31. The summed E-state index contributed by atoms with van der Waals surface area (Å²) in [6, 6.07) is 9.18. The van der Waals surface area contributed by atoms with Crippen molar-refractivity contribution in [2.75, 3.05) is 18.4 Å². The van der Waals surface area contributed by atoms with Crippen molar-refractivity contribution in [2.24, 2.45) is 0 Å². The molecule has 2 rings (SSSR count). The normalized spacial score (nSPS) is 14.7. The van der Waals surface area contributed by atoms with Crippen LogP contribution in [-0.2, 0) is 9.59 Å². The average molecular weight is 232 g/mol. The minimum Gasteiger partial charge on any atom is -0.342 e. The Bertz CT molecular complexity index is 397. The molecule has 1 aliphatic heterocycles. The fraction of sp³-hybridized carbons (Fsp3) is 0.385. The number of likely N-dealkylation sites (tertiary alicyclic amines) is 1. The molecule has 1 fully saturated rings. The van der Waals surface area contributed by atoms with Gasteiger partial charge in [0.15, 0.2) is 0 Å². The molecule has 0 aliphatic carbocycles. The summed E-state index contributed by atoms with van der Waals surface area (Å²) in [4.78, 5) is 25.1. The molecule has 0 saturated carbocycles. The van der Waals surface area contributed by atoms with Gasteiger partial charge in [0, 0.05) is 18.8 Å². The van der Waals surface area contributed by atoms with Crippen LogP contribution in [0.5, 0.6) is 0 Å². The summed E-state index contributed by atoms with van der Waals surface area (Å²) in [5.41, 5.74) is 0.728. The number of nitrogens with one attached hydrogen (secondary N) is 1. The van der Waals surface area contributed by atoms with Crippen LogP contribution in [0.2, 0.25) is 0 Å². The molecule has 0 radical (unpaired) electrons. The zero-order valence-corrected chi connectivity index (χ0v) is 9.69. The lowest BCUT2D eigenvalue weighted by Crippen LogP contribution is -2.31. The molecule has 1 saturated heterocycles. The average Bonchev–Trinajstić information content (AvgIpc) is 2.83. The van der Waals surface area contributed by atoms with Crippen LogP contribution in [0.3, 0.4) is 0 Å². The first-order chi connectivity index (χ1) is 8.25. The number of para-hydroxylation sites is 1. The molecule has 90 valence electrons. The van der Waals surface area contributed by atoms with E-state index in [0.29, 0.717) is 0 Å². The smallest absolute Gasteiger partial charge is 0.233 e. The van der Waals surface area contributed by atoms with Crippen LogP contribution in [0.4, 0.5) is 5.69 Å². The van der Waals surface area contributed by atoms with Crippen molar-refractivity contribution in [3.05, 3.63) is 30.3 Å². The number of hydrogen-bond donors (Lipinski definition) is 1. The maximum atomic E-state index is 11.7. The monoisotopic (exact) mass is 232 g/mol. The first kappa shape index (κ1) is 11.6. The van der Waals surface area contributed by atoms with Crippen molar-refractivity contribution in [2.45, 2.75) is 19.3 Å². The van der Waals surface area contributed by atoms with E-state index in [2.05, 4.69) is 5.32 Å². The van der Waals surface area contributed by atoms with Gasteiger partial charge >= 0.3 is 0 Å². The summed E-state index contributed by atoms with van der Waals surface area (Å²) in [6.07, 6.45) is 2.03. The van der Waals surface area contributed by atoms with Gasteiger partial charge in [0.25, 0.3) is 0 Å². The zero-order valence-electron chi connectivity index (χ0n) is 9.69. The Hall–Kier alpha value is -1.84. The highest BCUT2D eigenvalue weighted by atomic mass is 16.2. The SMILES string of the molecule is O=C(CC(=O)N1CCCC1)Nc1ccccc1. The molecule has 0 spiro atoms. The van der Waals surface area contributed by atoms with Gasteiger partial charge in [-0.25, -0.2) is 0 Å². The summed E-state index contributed by atoms with van der Waals surface area (Å²) in [5, 5.41) is 2.71. The van der Waals surface area contributed by atoms with Crippen LogP contribution in [0.1, 0.15) is 19.3 Å². The van der Waals surface area contributed by atoms with Crippen molar-refractivity contribution in [1.82, 2.24) is 4.90 Å². The van der Waals surface area contributed by atoms with Gasteiger partial charge in [0.05, 0.1) is 0 Å². The number of carbonyl (C=O) groups is 2. The molecule has 17 heavy (non-hydrogen) atoms. The highest BCUT2D eigenvalue weighted by Gasteiger charge is 2.20. The number of benzene rings is 1. The Morgan fingerprint density at radius 1 is 1.12 bits per heavy atom. The van der Waals surface area contributed by atoms with Crippen LogP contribution in [-0.4, -0.2) is 29.8 Å². The number of amides is 2. The Balaban J connectivity index is 1.83. The van der Waals surface area contributed by atoms with Crippen LogP contribution < -0.4 is 5.32 Å². The lowest BCUT2D eigenvalue weighted by atomic mass is 10.3. The maximum absolute atomic E-state index is 11.7. The van der Waals surface area contributed by atoms with Crippen molar-refractivity contribution >= 4 is 17.5 Å². The van der Waals surface area contributed by atoms with Gasteiger partial charge in [-0.05, 0) is 25.0 Å². The summed E-state index contributed by atoms with van der Waals surface area (Å²) >= 11 is 0. The molecule has 2 amide bonds. The molecule has 0 atom stereocenters. The highest BCUT2D eigenvalue weighted by Crippen LogP contribution is 2.10. The van der Waals surface area contributed by atoms with Gasteiger partial charge in [-0.15, -0.1) is 0 Å². The minimum absolute atomic E-state index is 0.0606. The maximum Gasteiger partial charge on any atom is 0.233 e. The van der Waals surface area contributed by atoms with Gasteiger partial charge < -0.3 is 10.2 Å². The minimum atomic E-state index is -0.242. The second-order valence-electron chi connectivity index (χ2n) is 4.18. The molecule has 4 nitrogen and oxygen atoms in total. The van der Waals surface area contributed by atoms with Crippen LogP contribution >= 0.6 is 0 Å². The van der Waals surface area contributed by atoms with Crippen molar-refractivity contribution in [3.63, 3.8) is 0 Å². The zero-order chi connectivity index (χ0) is 12.1. The molecular weight excluding hydrogens is 216 g/mol. The molecule has 1 N–H and O–H groups in total. The molecule has 1 heterocycles. The quantitative estimate of drug-likeness (QED) is 0.805. The summed E-state index contributed by atoms with van der Waals surface area (Å²) in [6.45, 7) is 1.58. The van der Waals surface area contributed by atoms with Crippen molar-refractivity contribution in [3.8, 4) is 0 Å². The third-order valence-corrected chi connectivity index (χ3v) is 2.83. The molecular formula is C13H16N2O2. The second kappa shape index (κ2) is 5.48. The van der Waals surface area contributed by atoms with E-state index in [1.165, 1.54) is 0 Å². The van der Waals surface area contributed by atoms with E-state index in [4.69, 9.17) is 0 Å². The summed E-state index contributed by atoms with van der Waals surface area (Å²) < 4.78 is 0. The predicted molar refractivity (Wildman–Crippen MR) is 65.5 cm³/mol. The van der Waals surface area contributed by atoms with E-state index in [0.717, 1.165) is 31.6 Å². The molecule has 1 aromatic rings. The molecule has 0 unspecified atom stereocenters. The van der Waals surface area contributed by atoms with E-state index in [1.807, 2.05) is 18.2 Å². The fourth-order valence-electron chi connectivity index (χ4n) is 1.94. The number of carbonyl (C=O) groups excluding carboxylic acids is 2. The van der Waals surface area contributed by atoms with Crippen LogP contribution in [0, 0.1) is 0 Å². The lowest BCUT2D eigenvalue weighted by molar-refractivity contribution is -0.133. The first-order valence-electron chi connectivity index (χ1n) is 5.88. The first-order valence-corrected chi connectivity index (χ1v) is 5.88.